The first-order chi connectivity index (χ1) is 9.13. The van der Waals surface area contributed by atoms with Crippen molar-refractivity contribution in [2.45, 2.75) is 20.3 Å². The van der Waals surface area contributed by atoms with E-state index in [1.54, 1.807) is 0 Å². The number of nitrogens with two attached hydrogens (primary N) is 1. The second-order valence-electron chi connectivity index (χ2n) is 4.84. The molecule has 2 rings (SSSR count). The molecule has 0 spiro atoms. The fourth-order valence-electron chi connectivity index (χ4n) is 2.24. The minimum absolute atomic E-state index is 0.0882. The molecule has 0 aliphatic heterocycles. The van der Waals surface area contributed by atoms with Crippen LogP contribution in [0.1, 0.15) is 32.6 Å². The van der Waals surface area contributed by atoms with Crippen molar-refractivity contribution in [1.29, 1.82) is 0 Å². The first-order valence-electron chi connectivity index (χ1n) is 6.53. The molecule has 0 fully saturated rings. The molecule has 2 N–H and O–H groups in total. The summed E-state index contributed by atoms with van der Waals surface area (Å²) < 4.78 is 0. The lowest BCUT2D eigenvalue weighted by molar-refractivity contribution is 0.103. The van der Waals surface area contributed by atoms with E-state index >= 15 is 0 Å². The predicted molar refractivity (Wildman–Crippen MR) is 78.5 cm³/mol. The van der Waals surface area contributed by atoms with Crippen LogP contribution in [0.2, 0.25) is 0 Å². The Morgan fingerprint density at radius 3 is 2.53 bits per heavy atom. The van der Waals surface area contributed by atoms with E-state index < -0.39 is 0 Å². The summed E-state index contributed by atoms with van der Waals surface area (Å²) in [6.07, 6.45) is 0.729. The van der Waals surface area contributed by atoms with Gasteiger partial charge in [-0.05, 0) is 44.0 Å². The Hall–Kier alpha value is -1.93. The third kappa shape index (κ3) is 2.91. The van der Waals surface area contributed by atoms with E-state index in [1.807, 2.05) is 56.3 Å². The van der Waals surface area contributed by atoms with Crippen molar-refractivity contribution < 1.29 is 4.79 Å². The van der Waals surface area contributed by atoms with E-state index in [0.717, 1.165) is 34.2 Å². The van der Waals surface area contributed by atoms with Gasteiger partial charge in [-0.2, -0.15) is 0 Å². The van der Waals surface area contributed by atoms with Crippen molar-refractivity contribution in [3.05, 3.63) is 70.3 Å². The molecule has 0 aromatic heterocycles. The largest absolute Gasteiger partial charge is 0.330 e. The first kappa shape index (κ1) is 13.5. The standard InChI is InChI=1S/C17H19NO/c1-12-7-8-13(2)16(11-12)17(19)15-6-4-3-5-14(15)9-10-18/h3-8,11H,9-10,18H2,1-2H3. The molecule has 0 saturated carbocycles. The van der Waals surface area contributed by atoms with E-state index in [-0.39, 0.29) is 5.78 Å². The van der Waals surface area contributed by atoms with Gasteiger partial charge in [0.2, 0.25) is 0 Å². The quantitative estimate of drug-likeness (QED) is 0.851. The Kier molecular flexibility index (Phi) is 4.13. The van der Waals surface area contributed by atoms with Crippen LogP contribution in [0, 0.1) is 13.8 Å². The zero-order valence-corrected chi connectivity index (χ0v) is 11.4. The maximum absolute atomic E-state index is 12.7. The highest BCUT2D eigenvalue weighted by Gasteiger charge is 2.14. The SMILES string of the molecule is Cc1ccc(C)c(C(=O)c2ccccc2CCN)c1. The minimum Gasteiger partial charge on any atom is -0.330 e. The van der Waals surface area contributed by atoms with Crippen molar-refractivity contribution in [1.82, 2.24) is 0 Å². The van der Waals surface area contributed by atoms with Crippen molar-refractivity contribution >= 4 is 5.78 Å². The van der Waals surface area contributed by atoms with Gasteiger partial charge in [0.15, 0.2) is 5.78 Å². The average molecular weight is 253 g/mol. The highest BCUT2D eigenvalue weighted by atomic mass is 16.1. The van der Waals surface area contributed by atoms with Gasteiger partial charge in [0.05, 0.1) is 0 Å². The fourth-order valence-corrected chi connectivity index (χ4v) is 2.24. The fraction of sp³-hybridized carbons (Fsp3) is 0.235. The van der Waals surface area contributed by atoms with E-state index in [1.165, 1.54) is 0 Å². The van der Waals surface area contributed by atoms with E-state index in [9.17, 15) is 4.79 Å². The van der Waals surface area contributed by atoms with Crippen molar-refractivity contribution in [3.8, 4) is 0 Å². The second-order valence-corrected chi connectivity index (χ2v) is 4.84. The number of benzene rings is 2. The third-order valence-electron chi connectivity index (χ3n) is 3.31. The first-order valence-corrected chi connectivity index (χ1v) is 6.53. The molecule has 2 aromatic rings. The van der Waals surface area contributed by atoms with Crippen molar-refractivity contribution in [2.24, 2.45) is 5.73 Å². The monoisotopic (exact) mass is 253 g/mol. The van der Waals surface area contributed by atoms with Crippen LogP contribution in [0.4, 0.5) is 0 Å². The summed E-state index contributed by atoms with van der Waals surface area (Å²) in [5, 5.41) is 0. The number of hydrogen-bond acceptors (Lipinski definition) is 2. The van der Waals surface area contributed by atoms with E-state index in [4.69, 9.17) is 5.73 Å². The van der Waals surface area contributed by atoms with Crippen LogP contribution in [-0.2, 0) is 6.42 Å². The summed E-state index contributed by atoms with van der Waals surface area (Å²) in [5.41, 5.74) is 10.3. The highest BCUT2D eigenvalue weighted by molar-refractivity contribution is 6.10. The molecular formula is C17H19NO. The lowest BCUT2D eigenvalue weighted by atomic mass is 9.93. The number of hydrogen-bond donors (Lipinski definition) is 1. The Balaban J connectivity index is 2.47. The molecular weight excluding hydrogens is 234 g/mol. The van der Waals surface area contributed by atoms with Crippen LogP contribution in [0.3, 0.4) is 0 Å². The molecule has 0 atom stereocenters. The molecule has 2 heteroatoms. The van der Waals surface area contributed by atoms with Gasteiger partial charge in [0.25, 0.3) is 0 Å². The van der Waals surface area contributed by atoms with Crippen LogP contribution in [0.25, 0.3) is 0 Å². The number of rotatable bonds is 4. The Bertz CT molecular complexity index is 602. The molecule has 0 aliphatic rings. The molecule has 0 saturated heterocycles. The maximum Gasteiger partial charge on any atom is 0.193 e. The molecule has 0 amide bonds. The Morgan fingerprint density at radius 2 is 1.79 bits per heavy atom. The average Bonchev–Trinajstić information content (AvgIpc) is 2.42. The van der Waals surface area contributed by atoms with Crippen LogP contribution in [-0.4, -0.2) is 12.3 Å². The zero-order valence-electron chi connectivity index (χ0n) is 11.4. The van der Waals surface area contributed by atoms with E-state index in [0.29, 0.717) is 6.54 Å². The molecule has 0 bridgehead atoms. The maximum atomic E-state index is 12.7. The predicted octanol–water partition coefficient (Wildman–Crippen LogP) is 3.04. The number of ketones is 1. The van der Waals surface area contributed by atoms with Gasteiger partial charge in [0, 0.05) is 11.1 Å². The van der Waals surface area contributed by atoms with Crippen molar-refractivity contribution in [3.63, 3.8) is 0 Å². The van der Waals surface area contributed by atoms with Gasteiger partial charge < -0.3 is 5.73 Å². The minimum atomic E-state index is 0.0882. The van der Waals surface area contributed by atoms with Crippen LogP contribution >= 0.6 is 0 Å². The molecule has 2 aromatic carbocycles. The van der Waals surface area contributed by atoms with E-state index in [2.05, 4.69) is 0 Å². The molecule has 0 aliphatic carbocycles. The number of aryl methyl sites for hydroxylation is 2. The van der Waals surface area contributed by atoms with Gasteiger partial charge >= 0.3 is 0 Å². The normalized spacial score (nSPS) is 10.5. The third-order valence-corrected chi connectivity index (χ3v) is 3.31. The topological polar surface area (TPSA) is 43.1 Å². The number of carbonyl (C=O) groups excluding carboxylic acids is 1. The summed E-state index contributed by atoms with van der Waals surface area (Å²) in [6, 6.07) is 13.7. The summed E-state index contributed by atoms with van der Waals surface area (Å²) in [6.45, 7) is 4.53. The smallest absolute Gasteiger partial charge is 0.193 e. The molecule has 2 nitrogen and oxygen atoms in total. The Labute approximate surface area is 114 Å². The highest BCUT2D eigenvalue weighted by Crippen LogP contribution is 2.19. The van der Waals surface area contributed by atoms with Gasteiger partial charge in [-0.1, -0.05) is 42.0 Å². The summed E-state index contributed by atoms with van der Waals surface area (Å²) in [4.78, 5) is 12.7. The second kappa shape index (κ2) is 5.81. The lowest BCUT2D eigenvalue weighted by Crippen LogP contribution is -2.11. The van der Waals surface area contributed by atoms with Crippen LogP contribution in [0.5, 0.6) is 0 Å². The van der Waals surface area contributed by atoms with Gasteiger partial charge in [-0.25, -0.2) is 0 Å². The van der Waals surface area contributed by atoms with Gasteiger partial charge in [-0.3, -0.25) is 4.79 Å². The van der Waals surface area contributed by atoms with Crippen molar-refractivity contribution in [2.75, 3.05) is 6.54 Å². The zero-order chi connectivity index (χ0) is 13.8. The number of carbonyl (C=O) groups is 1. The molecule has 98 valence electrons. The molecule has 0 radical (unpaired) electrons. The molecule has 19 heavy (non-hydrogen) atoms. The van der Waals surface area contributed by atoms with Crippen LogP contribution in [0.15, 0.2) is 42.5 Å². The summed E-state index contributed by atoms with van der Waals surface area (Å²) in [7, 11) is 0. The summed E-state index contributed by atoms with van der Waals surface area (Å²) >= 11 is 0. The van der Waals surface area contributed by atoms with Gasteiger partial charge in [-0.15, -0.1) is 0 Å². The van der Waals surface area contributed by atoms with Gasteiger partial charge in [0.1, 0.15) is 0 Å². The molecule has 0 unspecified atom stereocenters. The summed E-state index contributed by atoms with van der Waals surface area (Å²) in [5.74, 6) is 0.0882. The lowest BCUT2D eigenvalue weighted by Gasteiger charge is -2.10. The Morgan fingerprint density at radius 1 is 1.05 bits per heavy atom. The van der Waals surface area contributed by atoms with Crippen LogP contribution < -0.4 is 5.73 Å². The molecule has 0 heterocycles.